The van der Waals surface area contributed by atoms with E-state index in [0.717, 1.165) is 22.0 Å². The quantitative estimate of drug-likeness (QED) is 0.689. The summed E-state index contributed by atoms with van der Waals surface area (Å²) in [5, 5.41) is 6.64. The predicted octanol–water partition coefficient (Wildman–Crippen LogP) is 2.22. The van der Waals surface area contributed by atoms with E-state index in [1.165, 1.54) is 0 Å². The lowest BCUT2D eigenvalue weighted by Crippen LogP contribution is -1.96. The molecule has 0 aliphatic heterocycles. The van der Waals surface area contributed by atoms with Crippen LogP contribution in [0.5, 0.6) is 0 Å². The Morgan fingerprint density at radius 2 is 2.00 bits per heavy atom. The lowest BCUT2D eigenvalue weighted by Gasteiger charge is -2.00. The van der Waals surface area contributed by atoms with Crippen LogP contribution in [0.2, 0.25) is 0 Å². The first-order chi connectivity index (χ1) is 8.24. The first-order valence-corrected chi connectivity index (χ1v) is 5.38. The topological polar surface area (TPSA) is 56.7 Å². The summed E-state index contributed by atoms with van der Waals surface area (Å²) in [6, 6.07) is 10.0. The molecule has 3 aromatic rings. The smallest absolute Gasteiger partial charge is 0.121 e. The third kappa shape index (κ3) is 1.63. The Hall–Kier alpha value is -2.36. The molecule has 2 N–H and O–H groups in total. The van der Waals surface area contributed by atoms with Crippen LogP contribution < -0.4 is 5.73 Å². The molecule has 0 bridgehead atoms. The molecule has 3 rings (SSSR count). The van der Waals surface area contributed by atoms with Crippen molar-refractivity contribution in [2.24, 2.45) is 7.05 Å². The molecule has 0 unspecified atom stereocenters. The molecule has 4 nitrogen and oxygen atoms in total. The summed E-state index contributed by atoms with van der Waals surface area (Å²) in [6.07, 6.45) is 3.64. The molecule has 0 amide bonds. The van der Waals surface area contributed by atoms with Gasteiger partial charge in [-0.2, -0.15) is 5.10 Å². The van der Waals surface area contributed by atoms with Gasteiger partial charge >= 0.3 is 0 Å². The van der Waals surface area contributed by atoms with Crippen molar-refractivity contribution >= 4 is 16.6 Å². The highest BCUT2D eigenvalue weighted by Crippen LogP contribution is 2.23. The van der Waals surface area contributed by atoms with Gasteiger partial charge < -0.3 is 5.73 Å². The maximum atomic E-state index is 5.78. The van der Waals surface area contributed by atoms with Crippen molar-refractivity contribution in [3.63, 3.8) is 0 Å². The Morgan fingerprint density at radius 3 is 2.76 bits per heavy atom. The van der Waals surface area contributed by atoms with E-state index in [2.05, 4.69) is 16.1 Å². The molecule has 2 aromatic heterocycles. The summed E-state index contributed by atoms with van der Waals surface area (Å²) < 4.78 is 1.67. The number of pyridine rings is 1. The molecular weight excluding hydrogens is 212 g/mol. The Labute approximate surface area is 98.7 Å². The van der Waals surface area contributed by atoms with Crippen molar-refractivity contribution in [1.29, 1.82) is 0 Å². The number of hydrogen-bond acceptors (Lipinski definition) is 3. The number of aromatic nitrogens is 3. The Kier molecular flexibility index (Phi) is 2.08. The number of benzene rings is 1. The third-order valence-electron chi connectivity index (χ3n) is 2.85. The maximum absolute atomic E-state index is 5.78. The van der Waals surface area contributed by atoms with Gasteiger partial charge in [-0.15, -0.1) is 0 Å². The lowest BCUT2D eigenvalue weighted by molar-refractivity contribution is 0.782. The van der Waals surface area contributed by atoms with E-state index in [0.29, 0.717) is 5.82 Å². The number of anilines is 1. The molecule has 84 valence electrons. The highest BCUT2D eigenvalue weighted by Gasteiger charge is 2.05. The summed E-state index contributed by atoms with van der Waals surface area (Å²) in [5.74, 6) is 0.662. The average molecular weight is 224 g/mol. The zero-order valence-corrected chi connectivity index (χ0v) is 9.46. The van der Waals surface area contributed by atoms with Gasteiger partial charge in [-0.3, -0.25) is 9.67 Å². The molecule has 0 saturated heterocycles. The number of nitrogen functional groups attached to an aromatic ring is 1. The molecule has 0 fully saturated rings. The van der Waals surface area contributed by atoms with Gasteiger partial charge in [-0.1, -0.05) is 12.1 Å². The second kappa shape index (κ2) is 3.59. The minimum atomic E-state index is 0.662. The highest BCUT2D eigenvalue weighted by atomic mass is 15.3. The molecule has 0 aliphatic carbocycles. The fraction of sp³-hybridized carbons (Fsp3) is 0.0769. The van der Waals surface area contributed by atoms with Crippen molar-refractivity contribution in [1.82, 2.24) is 14.8 Å². The minimum Gasteiger partial charge on any atom is -0.384 e. The molecule has 0 saturated carbocycles. The van der Waals surface area contributed by atoms with Gasteiger partial charge in [-0.05, 0) is 17.5 Å². The number of nitrogens with two attached hydrogens (primary N) is 1. The predicted molar refractivity (Wildman–Crippen MR) is 68.4 cm³/mol. The maximum Gasteiger partial charge on any atom is 0.121 e. The second-order valence-corrected chi connectivity index (χ2v) is 4.02. The van der Waals surface area contributed by atoms with Gasteiger partial charge in [0.15, 0.2) is 0 Å². The normalized spacial score (nSPS) is 10.9. The number of nitrogens with zero attached hydrogens (tertiary/aromatic N) is 3. The number of hydrogen-bond donors (Lipinski definition) is 1. The largest absolute Gasteiger partial charge is 0.384 e. The molecule has 2 heterocycles. The van der Waals surface area contributed by atoms with Crippen LogP contribution in [0.3, 0.4) is 0 Å². The van der Waals surface area contributed by atoms with Crippen LogP contribution in [0.15, 0.2) is 42.7 Å². The lowest BCUT2D eigenvalue weighted by atomic mass is 10.1. The van der Waals surface area contributed by atoms with E-state index in [1.54, 1.807) is 10.9 Å². The van der Waals surface area contributed by atoms with Crippen LogP contribution in [0, 0.1) is 0 Å². The van der Waals surface area contributed by atoms with E-state index in [1.807, 2.05) is 37.5 Å². The van der Waals surface area contributed by atoms with Crippen LogP contribution in [-0.2, 0) is 7.05 Å². The molecular formula is C13H12N4. The van der Waals surface area contributed by atoms with Gasteiger partial charge in [0.2, 0.25) is 0 Å². The summed E-state index contributed by atoms with van der Waals surface area (Å²) in [6.45, 7) is 0. The van der Waals surface area contributed by atoms with Crippen molar-refractivity contribution in [2.45, 2.75) is 0 Å². The second-order valence-electron chi connectivity index (χ2n) is 4.02. The van der Waals surface area contributed by atoms with Crippen LogP contribution in [0.1, 0.15) is 0 Å². The van der Waals surface area contributed by atoms with Crippen molar-refractivity contribution in [3.8, 4) is 11.3 Å². The van der Waals surface area contributed by atoms with Gasteiger partial charge in [0.1, 0.15) is 5.82 Å². The molecule has 1 aromatic carbocycles. The van der Waals surface area contributed by atoms with Crippen LogP contribution in [0.4, 0.5) is 5.82 Å². The standard InChI is InChI=1S/C13H12N4/c1-17-13(14)7-12(16-17)10-2-3-11-8-15-5-4-9(11)6-10/h2-8H,14H2,1H3. The Bertz CT molecular complexity index is 665. The van der Waals surface area contributed by atoms with Crippen molar-refractivity contribution in [3.05, 3.63) is 42.7 Å². The number of rotatable bonds is 1. The minimum absolute atomic E-state index is 0.662. The van der Waals surface area contributed by atoms with E-state index in [9.17, 15) is 0 Å². The van der Waals surface area contributed by atoms with E-state index < -0.39 is 0 Å². The highest BCUT2D eigenvalue weighted by molar-refractivity contribution is 5.86. The molecule has 0 atom stereocenters. The van der Waals surface area contributed by atoms with Crippen molar-refractivity contribution < 1.29 is 0 Å². The van der Waals surface area contributed by atoms with Gasteiger partial charge in [0.25, 0.3) is 0 Å². The van der Waals surface area contributed by atoms with Gasteiger partial charge in [0.05, 0.1) is 5.69 Å². The zero-order valence-electron chi connectivity index (χ0n) is 9.46. The first-order valence-electron chi connectivity index (χ1n) is 5.38. The van der Waals surface area contributed by atoms with Crippen LogP contribution in [0.25, 0.3) is 22.0 Å². The first kappa shape index (κ1) is 9.84. The van der Waals surface area contributed by atoms with Gasteiger partial charge in [0, 0.05) is 36.5 Å². The van der Waals surface area contributed by atoms with Crippen LogP contribution in [-0.4, -0.2) is 14.8 Å². The number of fused-ring (bicyclic) bond motifs is 1. The number of aryl methyl sites for hydroxylation is 1. The molecule has 0 radical (unpaired) electrons. The SMILES string of the molecule is Cn1nc(-c2ccc3cnccc3c2)cc1N. The third-order valence-corrected chi connectivity index (χ3v) is 2.85. The average Bonchev–Trinajstić information content (AvgIpc) is 2.69. The molecule has 17 heavy (non-hydrogen) atoms. The Balaban J connectivity index is 2.17. The van der Waals surface area contributed by atoms with E-state index >= 15 is 0 Å². The fourth-order valence-corrected chi connectivity index (χ4v) is 1.87. The summed E-state index contributed by atoms with van der Waals surface area (Å²) in [5.41, 5.74) is 7.74. The zero-order chi connectivity index (χ0) is 11.8. The van der Waals surface area contributed by atoms with E-state index in [-0.39, 0.29) is 0 Å². The fourth-order valence-electron chi connectivity index (χ4n) is 1.87. The molecule has 0 aliphatic rings. The van der Waals surface area contributed by atoms with E-state index in [4.69, 9.17) is 5.73 Å². The summed E-state index contributed by atoms with van der Waals surface area (Å²) in [7, 11) is 1.84. The molecule has 0 spiro atoms. The van der Waals surface area contributed by atoms with Crippen molar-refractivity contribution in [2.75, 3.05) is 5.73 Å². The molecule has 4 heteroatoms. The summed E-state index contributed by atoms with van der Waals surface area (Å²) >= 11 is 0. The van der Waals surface area contributed by atoms with Crippen LogP contribution >= 0.6 is 0 Å². The monoisotopic (exact) mass is 224 g/mol. The summed E-state index contributed by atoms with van der Waals surface area (Å²) in [4.78, 5) is 4.09. The Morgan fingerprint density at radius 1 is 1.12 bits per heavy atom. The van der Waals surface area contributed by atoms with Gasteiger partial charge in [-0.25, -0.2) is 0 Å².